The molecule has 2 rings (SSSR count). The van der Waals surface area contributed by atoms with E-state index in [-0.39, 0.29) is 0 Å². The summed E-state index contributed by atoms with van der Waals surface area (Å²) in [5.74, 6) is 1.13. The van der Waals surface area contributed by atoms with Crippen LogP contribution in [0.3, 0.4) is 0 Å². The Hall–Kier alpha value is -2.66. The van der Waals surface area contributed by atoms with E-state index >= 15 is 0 Å². The molecule has 0 aliphatic carbocycles. The van der Waals surface area contributed by atoms with Gasteiger partial charge in [-0.05, 0) is 24.3 Å². The van der Waals surface area contributed by atoms with Crippen molar-refractivity contribution < 1.29 is 14.2 Å². The zero-order valence-corrected chi connectivity index (χ0v) is 13.0. The quantitative estimate of drug-likeness (QED) is 0.630. The van der Waals surface area contributed by atoms with Gasteiger partial charge < -0.3 is 14.2 Å². The zero-order valence-electron chi connectivity index (χ0n) is 13.0. The second-order valence-corrected chi connectivity index (χ2v) is 4.52. The van der Waals surface area contributed by atoms with Gasteiger partial charge in [0, 0.05) is 12.1 Å². The molecule has 0 saturated heterocycles. The molecule has 0 aliphatic rings. The first kappa shape index (κ1) is 16.7. The summed E-state index contributed by atoms with van der Waals surface area (Å²) in [7, 11) is 0. The van der Waals surface area contributed by atoms with Crippen LogP contribution in [0.2, 0.25) is 0 Å². The molecule has 0 amide bonds. The first-order valence-corrected chi connectivity index (χ1v) is 7.34. The lowest BCUT2D eigenvalue weighted by Gasteiger charge is -2.08. The monoisotopic (exact) mass is 312 g/mol. The van der Waals surface area contributed by atoms with E-state index in [9.17, 15) is 0 Å². The number of nitrogens with zero attached hydrogens (tertiary/aromatic N) is 2. The van der Waals surface area contributed by atoms with E-state index in [4.69, 9.17) is 14.2 Å². The molecular weight excluding hydrogens is 292 g/mol. The van der Waals surface area contributed by atoms with E-state index in [0.29, 0.717) is 38.2 Å². The largest absolute Gasteiger partial charge is 0.475 e. The van der Waals surface area contributed by atoms with E-state index in [0.717, 1.165) is 11.4 Å². The standard InChI is InChI=1S/C18H20N2O3/c1-3-15-7-5-9-17(19-15)22-13-11-21-12-14-23-18-10-6-8-16(4-2)20-18/h3-10H,1-2,11-14H2. The summed E-state index contributed by atoms with van der Waals surface area (Å²) < 4.78 is 16.4. The van der Waals surface area contributed by atoms with E-state index in [1.807, 2.05) is 24.3 Å². The van der Waals surface area contributed by atoms with Crippen molar-refractivity contribution in [2.75, 3.05) is 26.4 Å². The molecule has 0 N–H and O–H groups in total. The predicted molar refractivity (Wildman–Crippen MR) is 90.5 cm³/mol. The number of aromatic nitrogens is 2. The van der Waals surface area contributed by atoms with E-state index in [1.165, 1.54) is 0 Å². The first-order valence-electron chi connectivity index (χ1n) is 7.34. The summed E-state index contributed by atoms with van der Waals surface area (Å²) >= 11 is 0. The molecular formula is C18H20N2O3. The van der Waals surface area contributed by atoms with Crippen LogP contribution in [-0.4, -0.2) is 36.4 Å². The second-order valence-electron chi connectivity index (χ2n) is 4.52. The average molecular weight is 312 g/mol. The highest BCUT2D eigenvalue weighted by Gasteiger charge is 1.98. The molecule has 5 nitrogen and oxygen atoms in total. The van der Waals surface area contributed by atoms with Gasteiger partial charge in [0.15, 0.2) is 0 Å². The van der Waals surface area contributed by atoms with Crippen molar-refractivity contribution in [3.8, 4) is 11.8 Å². The maximum Gasteiger partial charge on any atom is 0.213 e. The Morgan fingerprint density at radius 2 is 1.22 bits per heavy atom. The number of rotatable bonds is 10. The Morgan fingerprint density at radius 3 is 1.65 bits per heavy atom. The summed E-state index contributed by atoms with van der Waals surface area (Å²) in [5.41, 5.74) is 1.57. The smallest absolute Gasteiger partial charge is 0.213 e. The molecule has 0 fully saturated rings. The molecule has 0 aliphatic heterocycles. The Balaban J connectivity index is 1.58. The minimum atomic E-state index is 0.428. The van der Waals surface area contributed by atoms with Crippen molar-refractivity contribution in [3.63, 3.8) is 0 Å². The molecule has 2 heterocycles. The Bertz CT molecular complexity index is 588. The zero-order chi connectivity index (χ0) is 16.3. The summed E-state index contributed by atoms with van der Waals surface area (Å²) in [4.78, 5) is 8.49. The van der Waals surface area contributed by atoms with Gasteiger partial charge >= 0.3 is 0 Å². The maximum absolute atomic E-state index is 5.50. The highest BCUT2D eigenvalue weighted by molar-refractivity contribution is 5.42. The van der Waals surface area contributed by atoms with Crippen molar-refractivity contribution in [1.29, 1.82) is 0 Å². The van der Waals surface area contributed by atoms with Crippen LogP contribution in [0, 0.1) is 0 Å². The molecule has 2 aromatic heterocycles. The summed E-state index contributed by atoms with van der Waals surface area (Å²) in [5, 5.41) is 0. The molecule has 0 atom stereocenters. The van der Waals surface area contributed by atoms with Crippen LogP contribution in [-0.2, 0) is 4.74 Å². The van der Waals surface area contributed by atoms with Crippen molar-refractivity contribution in [2.45, 2.75) is 0 Å². The van der Waals surface area contributed by atoms with Gasteiger partial charge in [-0.25, -0.2) is 9.97 Å². The fourth-order valence-electron chi connectivity index (χ4n) is 1.76. The lowest BCUT2D eigenvalue weighted by Crippen LogP contribution is -2.12. The third kappa shape index (κ3) is 5.92. The van der Waals surface area contributed by atoms with Crippen LogP contribution in [0.1, 0.15) is 11.4 Å². The fourth-order valence-corrected chi connectivity index (χ4v) is 1.76. The number of ether oxygens (including phenoxy) is 3. The molecule has 0 radical (unpaired) electrons. The summed E-state index contributed by atoms with van der Waals surface area (Å²) in [6.45, 7) is 9.12. The molecule has 0 aromatic carbocycles. The lowest BCUT2D eigenvalue weighted by molar-refractivity contribution is 0.0742. The molecule has 120 valence electrons. The Morgan fingerprint density at radius 1 is 0.739 bits per heavy atom. The van der Waals surface area contributed by atoms with E-state index in [2.05, 4.69) is 23.1 Å². The topological polar surface area (TPSA) is 53.5 Å². The van der Waals surface area contributed by atoms with Gasteiger partial charge in [0.25, 0.3) is 0 Å². The van der Waals surface area contributed by atoms with Crippen LogP contribution in [0.25, 0.3) is 12.2 Å². The minimum absolute atomic E-state index is 0.428. The van der Waals surface area contributed by atoms with Gasteiger partial charge in [0.1, 0.15) is 13.2 Å². The minimum Gasteiger partial charge on any atom is -0.475 e. The number of hydrogen-bond acceptors (Lipinski definition) is 5. The van der Waals surface area contributed by atoms with Crippen LogP contribution in [0.4, 0.5) is 0 Å². The van der Waals surface area contributed by atoms with Gasteiger partial charge in [-0.15, -0.1) is 0 Å². The molecule has 0 unspecified atom stereocenters. The van der Waals surface area contributed by atoms with Gasteiger partial charge in [0.05, 0.1) is 24.6 Å². The molecule has 23 heavy (non-hydrogen) atoms. The van der Waals surface area contributed by atoms with Crippen molar-refractivity contribution in [3.05, 3.63) is 60.9 Å². The third-order valence-electron chi connectivity index (χ3n) is 2.86. The van der Waals surface area contributed by atoms with Gasteiger partial charge in [-0.1, -0.05) is 25.3 Å². The SMILES string of the molecule is C=Cc1cccc(OCCOCCOc2cccc(C=C)n2)n1. The highest BCUT2D eigenvalue weighted by Crippen LogP contribution is 2.09. The fraction of sp³-hybridized carbons (Fsp3) is 0.222. The van der Waals surface area contributed by atoms with Gasteiger partial charge in [0.2, 0.25) is 11.8 Å². The van der Waals surface area contributed by atoms with Crippen LogP contribution in [0.15, 0.2) is 49.6 Å². The Kier molecular flexibility index (Phi) is 6.81. The highest BCUT2D eigenvalue weighted by atomic mass is 16.5. The van der Waals surface area contributed by atoms with Gasteiger partial charge in [-0.2, -0.15) is 0 Å². The normalized spacial score (nSPS) is 10.1. The molecule has 0 spiro atoms. The van der Waals surface area contributed by atoms with Crippen molar-refractivity contribution >= 4 is 12.2 Å². The van der Waals surface area contributed by atoms with Crippen LogP contribution in [0.5, 0.6) is 11.8 Å². The van der Waals surface area contributed by atoms with Crippen LogP contribution >= 0.6 is 0 Å². The number of pyridine rings is 2. The summed E-state index contributed by atoms with van der Waals surface area (Å²) in [6.07, 6.45) is 3.35. The van der Waals surface area contributed by atoms with E-state index < -0.39 is 0 Å². The molecule has 2 aromatic rings. The Labute approximate surface area is 136 Å². The van der Waals surface area contributed by atoms with Gasteiger partial charge in [-0.3, -0.25) is 0 Å². The summed E-state index contributed by atoms with van der Waals surface area (Å²) in [6, 6.07) is 11.1. The van der Waals surface area contributed by atoms with Crippen molar-refractivity contribution in [1.82, 2.24) is 9.97 Å². The second kappa shape index (κ2) is 9.38. The van der Waals surface area contributed by atoms with Crippen LogP contribution < -0.4 is 9.47 Å². The maximum atomic E-state index is 5.50. The molecule has 5 heteroatoms. The number of hydrogen-bond donors (Lipinski definition) is 0. The molecule has 0 bridgehead atoms. The first-order chi connectivity index (χ1) is 11.3. The lowest BCUT2D eigenvalue weighted by atomic mass is 10.3. The van der Waals surface area contributed by atoms with E-state index in [1.54, 1.807) is 24.3 Å². The predicted octanol–water partition coefficient (Wildman–Crippen LogP) is 3.24. The average Bonchev–Trinajstić information content (AvgIpc) is 2.61. The molecule has 0 saturated carbocycles. The van der Waals surface area contributed by atoms with Crippen molar-refractivity contribution in [2.24, 2.45) is 0 Å². The third-order valence-corrected chi connectivity index (χ3v) is 2.86.